The van der Waals surface area contributed by atoms with Crippen molar-refractivity contribution in [2.75, 3.05) is 5.01 Å². The van der Waals surface area contributed by atoms with Crippen molar-refractivity contribution in [2.45, 2.75) is 13.3 Å². The maximum atomic E-state index is 11.3. The molecule has 0 bridgehead atoms. The zero-order valence-corrected chi connectivity index (χ0v) is 7.40. The van der Waals surface area contributed by atoms with Gasteiger partial charge in [0.15, 0.2) is 0 Å². The number of nitrogens with zero attached hydrogens (tertiary/aromatic N) is 2. The van der Waals surface area contributed by atoms with Gasteiger partial charge < -0.3 is 0 Å². The summed E-state index contributed by atoms with van der Waals surface area (Å²) >= 11 is 0. The van der Waals surface area contributed by atoms with E-state index in [0.717, 1.165) is 5.69 Å². The number of hydrogen-bond acceptors (Lipinski definition) is 2. The van der Waals surface area contributed by atoms with Crippen LogP contribution in [0.3, 0.4) is 0 Å². The van der Waals surface area contributed by atoms with Crippen LogP contribution in [-0.4, -0.2) is 12.1 Å². The summed E-state index contributed by atoms with van der Waals surface area (Å²) in [4.78, 5) is 11.3. The van der Waals surface area contributed by atoms with Gasteiger partial charge in [-0.15, -0.1) is 0 Å². The van der Waals surface area contributed by atoms with Crippen LogP contribution in [0.4, 0.5) is 5.69 Å². The van der Waals surface area contributed by atoms with E-state index in [-0.39, 0.29) is 5.91 Å². The Morgan fingerprint density at radius 2 is 2.00 bits per heavy atom. The third kappa shape index (κ3) is 1.45. The molecule has 0 saturated carbocycles. The highest BCUT2D eigenvalue weighted by atomic mass is 16.2. The lowest BCUT2D eigenvalue weighted by Gasteiger charge is -2.11. The minimum Gasteiger partial charge on any atom is -0.272 e. The van der Waals surface area contributed by atoms with E-state index in [1.165, 1.54) is 10.6 Å². The molecule has 1 aromatic rings. The Morgan fingerprint density at radius 3 is 2.54 bits per heavy atom. The molecule has 13 heavy (non-hydrogen) atoms. The first-order valence-corrected chi connectivity index (χ1v) is 4.19. The van der Waals surface area contributed by atoms with Crippen molar-refractivity contribution in [3.05, 3.63) is 29.8 Å². The molecule has 0 aromatic heterocycles. The number of benzene rings is 1. The molecule has 0 saturated heterocycles. The zero-order valence-electron chi connectivity index (χ0n) is 7.40. The minimum atomic E-state index is 0.0313. The average Bonchev–Trinajstić information content (AvgIpc) is 2.53. The molecule has 1 aromatic carbocycles. The first-order chi connectivity index (χ1) is 6.27. The van der Waals surface area contributed by atoms with Crippen LogP contribution < -0.4 is 5.01 Å². The molecule has 0 aliphatic carbocycles. The van der Waals surface area contributed by atoms with Gasteiger partial charge in [0.05, 0.1) is 12.1 Å². The van der Waals surface area contributed by atoms with E-state index in [1.54, 1.807) is 6.21 Å². The summed E-state index contributed by atoms with van der Waals surface area (Å²) < 4.78 is 0. The summed E-state index contributed by atoms with van der Waals surface area (Å²) in [5.41, 5.74) is 2.02. The fourth-order valence-electron chi connectivity index (χ4n) is 1.25. The molecule has 66 valence electrons. The van der Waals surface area contributed by atoms with E-state index in [2.05, 4.69) is 5.10 Å². The summed E-state index contributed by atoms with van der Waals surface area (Å²) in [5.74, 6) is 0.0313. The van der Waals surface area contributed by atoms with E-state index in [4.69, 9.17) is 0 Å². The van der Waals surface area contributed by atoms with Crippen LogP contribution in [0, 0.1) is 6.92 Å². The Balaban J connectivity index is 2.30. The van der Waals surface area contributed by atoms with Crippen LogP contribution >= 0.6 is 0 Å². The molecule has 0 atom stereocenters. The Morgan fingerprint density at radius 1 is 1.31 bits per heavy atom. The van der Waals surface area contributed by atoms with Crippen LogP contribution in [0.5, 0.6) is 0 Å². The van der Waals surface area contributed by atoms with Crippen LogP contribution in [0.2, 0.25) is 0 Å². The maximum Gasteiger partial charge on any atom is 0.252 e. The second-order valence-electron chi connectivity index (χ2n) is 3.04. The van der Waals surface area contributed by atoms with Crippen LogP contribution in [-0.2, 0) is 4.79 Å². The zero-order chi connectivity index (χ0) is 9.26. The Kier molecular flexibility index (Phi) is 1.85. The predicted octanol–water partition coefficient (Wildman–Crippen LogP) is 1.72. The molecule has 3 heteroatoms. The molecule has 1 amide bonds. The van der Waals surface area contributed by atoms with Crippen molar-refractivity contribution in [1.29, 1.82) is 0 Å². The fourth-order valence-corrected chi connectivity index (χ4v) is 1.25. The molecule has 0 radical (unpaired) electrons. The Hall–Kier alpha value is -1.64. The topological polar surface area (TPSA) is 32.7 Å². The monoisotopic (exact) mass is 174 g/mol. The Bertz CT molecular complexity index is 354. The number of carbonyl (C=O) groups excluding carboxylic acids is 1. The average molecular weight is 174 g/mol. The second-order valence-corrected chi connectivity index (χ2v) is 3.04. The number of rotatable bonds is 1. The van der Waals surface area contributed by atoms with Crippen LogP contribution in [0.25, 0.3) is 0 Å². The van der Waals surface area contributed by atoms with Crippen LogP contribution in [0.15, 0.2) is 29.4 Å². The van der Waals surface area contributed by atoms with Gasteiger partial charge in [0.1, 0.15) is 0 Å². The molecule has 2 rings (SSSR count). The van der Waals surface area contributed by atoms with Gasteiger partial charge in [-0.1, -0.05) is 17.7 Å². The van der Waals surface area contributed by atoms with Gasteiger partial charge in [-0.25, -0.2) is 5.01 Å². The lowest BCUT2D eigenvalue weighted by Crippen LogP contribution is -2.19. The van der Waals surface area contributed by atoms with E-state index >= 15 is 0 Å². The van der Waals surface area contributed by atoms with Gasteiger partial charge in [0.2, 0.25) is 0 Å². The van der Waals surface area contributed by atoms with Gasteiger partial charge >= 0.3 is 0 Å². The largest absolute Gasteiger partial charge is 0.272 e. The number of anilines is 1. The van der Waals surface area contributed by atoms with E-state index < -0.39 is 0 Å². The van der Waals surface area contributed by atoms with Gasteiger partial charge in [-0.05, 0) is 19.1 Å². The first-order valence-electron chi connectivity index (χ1n) is 4.19. The maximum absolute atomic E-state index is 11.3. The predicted molar refractivity (Wildman–Crippen MR) is 51.8 cm³/mol. The summed E-state index contributed by atoms with van der Waals surface area (Å²) in [6.45, 7) is 2.01. The quantitative estimate of drug-likeness (QED) is 0.638. The van der Waals surface area contributed by atoms with Crippen molar-refractivity contribution in [3.8, 4) is 0 Å². The number of aryl methyl sites for hydroxylation is 1. The molecule has 1 aliphatic rings. The van der Waals surface area contributed by atoms with Crippen molar-refractivity contribution in [2.24, 2.45) is 5.10 Å². The molecule has 1 heterocycles. The summed E-state index contributed by atoms with van der Waals surface area (Å²) in [6, 6.07) is 7.73. The first kappa shape index (κ1) is 7.98. The highest BCUT2D eigenvalue weighted by molar-refractivity contribution is 6.05. The molecule has 3 nitrogen and oxygen atoms in total. The van der Waals surface area contributed by atoms with Gasteiger partial charge in [-0.2, -0.15) is 5.10 Å². The lowest BCUT2D eigenvalue weighted by atomic mass is 10.2. The second kappa shape index (κ2) is 3.01. The molecule has 1 aliphatic heterocycles. The normalized spacial score (nSPS) is 15.5. The molecule has 0 fully saturated rings. The number of carbonyl (C=O) groups is 1. The third-order valence-electron chi connectivity index (χ3n) is 1.98. The highest BCUT2D eigenvalue weighted by Gasteiger charge is 2.17. The standard InChI is InChI=1S/C10H10N2O/c1-8-2-4-9(5-3-8)12-10(13)6-7-11-12/h2-5,7H,6H2,1H3. The number of hydrazone groups is 1. The van der Waals surface area contributed by atoms with Crippen molar-refractivity contribution >= 4 is 17.8 Å². The molecule has 0 spiro atoms. The highest BCUT2D eigenvalue weighted by Crippen LogP contribution is 2.18. The van der Waals surface area contributed by atoms with Crippen molar-refractivity contribution in [1.82, 2.24) is 0 Å². The molecule has 0 N–H and O–H groups in total. The summed E-state index contributed by atoms with van der Waals surface area (Å²) in [5, 5.41) is 5.41. The molecular formula is C10H10N2O. The van der Waals surface area contributed by atoms with Crippen molar-refractivity contribution in [3.63, 3.8) is 0 Å². The fraction of sp³-hybridized carbons (Fsp3) is 0.200. The Labute approximate surface area is 76.7 Å². The van der Waals surface area contributed by atoms with Gasteiger partial charge in [0, 0.05) is 6.21 Å². The van der Waals surface area contributed by atoms with E-state index in [1.807, 2.05) is 31.2 Å². The smallest absolute Gasteiger partial charge is 0.252 e. The molecule has 0 unspecified atom stereocenters. The lowest BCUT2D eigenvalue weighted by molar-refractivity contribution is -0.116. The van der Waals surface area contributed by atoms with Gasteiger partial charge in [0.25, 0.3) is 5.91 Å². The molecular weight excluding hydrogens is 164 g/mol. The summed E-state index contributed by atoms with van der Waals surface area (Å²) in [7, 11) is 0. The summed E-state index contributed by atoms with van der Waals surface area (Å²) in [6.07, 6.45) is 2.04. The van der Waals surface area contributed by atoms with Crippen LogP contribution in [0.1, 0.15) is 12.0 Å². The number of amides is 1. The third-order valence-corrected chi connectivity index (χ3v) is 1.98. The van der Waals surface area contributed by atoms with E-state index in [0.29, 0.717) is 6.42 Å². The SMILES string of the molecule is Cc1ccc(N2N=CCC2=O)cc1. The minimum absolute atomic E-state index is 0.0313. The van der Waals surface area contributed by atoms with Gasteiger partial charge in [-0.3, -0.25) is 4.79 Å². The number of hydrogen-bond donors (Lipinski definition) is 0. The van der Waals surface area contributed by atoms with E-state index in [9.17, 15) is 4.79 Å². The van der Waals surface area contributed by atoms with Crippen molar-refractivity contribution < 1.29 is 4.79 Å².